The SMILES string of the molecule is CC(=O)N1C[C@H]2CN(Cc3cccc(-n4cccn4)c3)C[C@H]2[C@H]1c1ccccc1. The van der Waals surface area contributed by atoms with Gasteiger partial charge in [0.15, 0.2) is 0 Å². The number of hydrogen-bond acceptors (Lipinski definition) is 3. The highest BCUT2D eigenvalue weighted by Crippen LogP contribution is 2.45. The zero-order valence-electron chi connectivity index (χ0n) is 16.7. The van der Waals surface area contributed by atoms with E-state index in [-0.39, 0.29) is 11.9 Å². The number of likely N-dealkylation sites (tertiary alicyclic amines) is 2. The number of fused-ring (bicyclic) bond motifs is 1. The topological polar surface area (TPSA) is 41.4 Å². The fourth-order valence-electron chi connectivity index (χ4n) is 5.14. The zero-order valence-corrected chi connectivity index (χ0v) is 16.7. The summed E-state index contributed by atoms with van der Waals surface area (Å²) in [7, 11) is 0. The molecule has 0 N–H and O–H groups in total. The first-order valence-electron chi connectivity index (χ1n) is 10.3. The van der Waals surface area contributed by atoms with Crippen molar-refractivity contribution >= 4 is 5.91 Å². The Bertz CT molecular complexity index is 985. The monoisotopic (exact) mass is 386 g/mol. The Labute approximate surface area is 171 Å². The summed E-state index contributed by atoms with van der Waals surface area (Å²) in [5, 5.41) is 4.34. The van der Waals surface area contributed by atoms with Gasteiger partial charge >= 0.3 is 0 Å². The second-order valence-corrected chi connectivity index (χ2v) is 8.27. The van der Waals surface area contributed by atoms with Crippen molar-refractivity contribution in [1.82, 2.24) is 19.6 Å². The molecule has 5 heteroatoms. The van der Waals surface area contributed by atoms with Gasteiger partial charge in [-0.2, -0.15) is 5.10 Å². The maximum Gasteiger partial charge on any atom is 0.219 e. The van der Waals surface area contributed by atoms with E-state index in [2.05, 4.69) is 63.4 Å². The molecule has 2 aromatic carbocycles. The van der Waals surface area contributed by atoms with Crippen molar-refractivity contribution in [1.29, 1.82) is 0 Å². The average molecular weight is 386 g/mol. The van der Waals surface area contributed by atoms with Crippen molar-refractivity contribution in [3.8, 4) is 5.69 Å². The molecule has 1 amide bonds. The van der Waals surface area contributed by atoms with Crippen molar-refractivity contribution in [2.75, 3.05) is 19.6 Å². The molecule has 1 aromatic heterocycles. The lowest BCUT2D eigenvalue weighted by molar-refractivity contribution is -0.130. The standard InChI is InChI=1S/C24H26N4O/c1-18(29)27-16-21-15-26(17-23(21)24(27)20-8-3-2-4-9-20)14-19-7-5-10-22(13-19)28-12-6-11-25-28/h2-13,21,23-24H,14-17H2,1H3/t21-,23-,24-/m1/s1. The molecular formula is C24H26N4O. The maximum atomic E-state index is 12.3. The molecule has 0 bridgehead atoms. The quantitative estimate of drug-likeness (QED) is 0.689. The van der Waals surface area contributed by atoms with E-state index in [9.17, 15) is 4.79 Å². The van der Waals surface area contributed by atoms with Gasteiger partial charge in [0.25, 0.3) is 0 Å². The minimum atomic E-state index is 0.187. The molecule has 2 aliphatic heterocycles. The number of amides is 1. The molecule has 5 rings (SSSR count). The fraction of sp³-hybridized carbons (Fsp3) is 0.333. The summed E-state index contributed by atoms with van der Waals surface area (Å²) in [6.07, 6.45) is 3.78. The molecule has 5 nitrogen and oxygen atoms in total. The van der Waals surface area contributed by atoms with Crippen LogP contribution in [-0.2, 0) is 11.3 Å². The smallest absolute Gasteiger partial charge is 0.219 e. The van der Waals surface area contributed by atoms with Gasteiger partial charge in [-0.1, -0.05) is 42.5 Å². The van der Waals surface area contributed by atoms with Gasteiger partial charge in [-0.3, -0.25) is 9.69 Å². The Morgan fingerprint density at radius 1 is 1.03 bits per heavy atom. The largest absolute Gasteiger partial charge is 0.335 e. The predicted molar refractivity (Wildman–Crippen MR) is 112 cm³/mol. The van der Waals surface area contributed by atoms with Crippen molar-refractivity contribution < 1.29 is 4.79 Å². The van der Waals surface area contributed by atoms with Crippen LogP contribution in [0.2, 0.25) is 0 Å². The second kappa shape index (κ2) is 7.48. The van der Waals surface area contributed by atoms with Gasteiger partial charge < -0.3 is 4.90 Å². The van der Waals surface area contributed by atoms with Crippen LogP contribution >= 0.6 is 0 Å². The predicted octanol–water partition coefficient (Wildman–Crippen LogP) is 3.52. The highest BCUT2D eigenvalue weighted by atomic mass is 16.2. The van der Waals surface area contributed by atoms with Gasteiger partial charge in [0.05, 0.1) is 11.7 Å². The van der Waals surface area contributed by atoms with E-state index in [0.29, 0.717) is 11.8 Å². The number of carbonyl (C=O) groups excluding carboxylic acids is 1. The van der Waals surface area contributed by atoms with E-state index in [1.165, 1.54) is 11.1 Å². The van der Waals surface area contributed by atoms with Crippen molar-refractivity contribution in [3.63, 3.8) is 0 Å². The first-order valence-corrected chi connectivity index (χ1v) is 10.3. The van der Waals surface area contributed by atoms with Crippen LogP contribution in [0.1, 0.15) is 24.1 Å². The normalized spacial score (nSPS) is 24.0. The Hall–Kier alpha value is -2.92. The Balaban J connectivity index is 1.34. The number of aromatic nitrogens is 2. The van der Waals surface area contributed by atoms with E-state index in [1.807, 2.05) is 23.0 Å². The minimum Gasteiger partial charge on any atom is -0.335 e. The molecule has 2 saturated heterocycles. The van der Waals surface area contributed by atoms with Crippen LogP contribution in [0, 0.1) is 11.8 Å². The van der Waals surface area contributed by atoms with Gasteiger partial charge in [-0.25, -0.2) is 4.68 Å². The summed E-state index contributed by atoms with van der Waals surface area (Å²) in [4.78, 5) is 16.9. The van der Waals surface area contributed by atoms with Crippen molar-refractivity contribution in [3.05, 3.63) is 84.2 Å². The number of hydrogen-bond donors (Lipinski definition) is 0. The van der Waals surface area contributed by atoms with E-state index >= 15 is 0 Å². The Morgan fingerprint density at radius 2 is 1.90 bits per heavy atom. The summed E-state index contributed by atoms with van der Waals surface area (Å²) >= 11 is 0. The summed E-state index contributed by atoms with van der Waals surface area (Å²) < 4.78 is 1.90. The molecule has 0 unspecified atom stereocenters. The molecule has 0 aliphatic carbocycles. The molecule has 3 heterocycles. The lowest BCUT2D eigenvalue weighted by Gasteiger charge is -2.29. The number of benzene rings is 2. The van der Waals surface area contributed by atoms with E-state index in [0.717, 1.165) is 31.9 Å². The van der Waals surface area contributed by atoms with E-state index in [1.54, 1.807) is 13.1 Å². The minimum absolute atomic E-state index is 0.187. The van der Waals surface area contributed by atoms with Crippen LogP contribution in [0.3, 0.4) is 0 Å². The number of rotatable bonds is 4. The van der Waals surface area contributed by atoms with Crippen LogP contribution in [0.15, 0.2) is 73.1 Å². The molecule has 2 fully saturated rings. The van der Waals surface area contributed by atoms with Crippen LogP contribution in [0.25, 0.3) is 5.69 Å². The number of nitrogens with zero attached hydrogens (tertiary/aromatic N) is 4. The number of carbonyl (C=O) groups is 1. The lowest BCUT2D eigenvalue weighted by atomic mass is 9.89. The third-order valence-electron chi connectivity index (χ3n) is 6.37. The first kappa shape index (κ1) is 18.1. The summed E-state index contributed by atoms with van der Waals surface area (Å²) in [5.74, 6) is 1.22. The van der Waals surface area contributed by atoms with Crippen LogP contribution < -0.4 is 0 Å². The van der Waals surface area contributed by atoms with Gasteiger partial charge in [0.1, 0.15) is 0 Å². The van der Waals surface area contributed by atoms with Gasteiger partial charge in [0.2, 0.25) is 5.91 Å². The molecule has 0 spiro atoms. The summed E-state index contributed by atoms with van der Waals surface area (Å²) in [5.41, 5.74) is 3.66. The summed E-state index contributed by atoms with van der Waals surface area (Å²) in [6.45, 7) is 5.58. The second-order valence-electron chi connectivity index (χ2n) is 8.27. The molecule has 3 atom stereocenters. The van der Waals surface area contributed by atoms with Crippen LogP contribution in [0.4, 0.5) is 0 Å². The molecule has 0 radical (unpaired) electrons. The maximum absolute atomic E-state index is 12.3. The molecule has 0 saturated carbocycles. The molecule has 2 aliphatic rings. The van der Waals surface area contributed by atoms with Gasteiger partial charge in [-0.15, -0.1) is 0 Å². The van der Waals surface area contributed by atoms with E-state index in [4.69, 9.17) is 0 Å². The summed E-state index contributed by atoms with van der Waals surface area (Å²) in [6, 6.07) is 21.3. The Kier molecular flexibility index (Phi) is 4.68. The van der Waals surface area contributed by atoms with Crippen molar-refractivity contribution in [2.24, 2.45) is 11.8 Å². The highest BCUT2D eigenvalue weighted by molar-refractivity contribution is 5.74. The third kappa shape index (κ3) is 3.47. The molecule has 29 heavy (non-hydrogen) atoms. The average Bonchev–Trinajstić information content (AvgIpc) is 3.45. The van der Waals surface area contributed by atoms with Crippen LogP contribution in [-0.4, -0.2) is 45.1 Å². The molecule has 148 valence electrons. The van der Waals surface area contributed by atoms with Gasteiger partial charge in [-0.05, 0) is 35.2 Å². The molecule has 3 aromatic rings. The first-order chi connectivity index (χ1) is 14.2. The highest BCUT2D eigenvalue weighted by Gasteiger charge is 2.48. The van der Waals surface area contributed by atoms with E-state index < -0.39 is 0 Å². The Morgan fingerprint density at radius 3 is 2.66 bits per heavy atom. The molecular weight excluding hydrogens is 360 g/mol. The zero-order chi connectivity index (χ0) is 19.8. The van der Waals surface area contributed by atoms with Crippen LogP contribution in [0.5, 0.6) is 0 Å². The van der Waals surface area contributed by atoms with Gasteiger partial charge in [0, 0.05) is 51.4 Å². The fourth-order valence-corrected chi connectivity index (χ4v) is 5.14. The lowest BCUT2D eigenvalue weighted by Crippen LogP contribution is -2.34. The van der Waals surface area contributed by atoms with Crippen molar-refractivity contribution in [2.45, 2.75) is 19.5 Å². The third-order valence-corrected chi connectivity index (χ3v) is 6.37.